The summed E-state index contributed by atoms with van der Waals surface area (Å²) in [5.74, 6) is -0.627. The SMILES string of the molecule is COC(=O)c1nc2ccc(C(F)(F)F)cc2c2ccccc12. The predicted octanol–water partition coefficient (Wildman–Crippen LogP) is 4.19. The van der Waals surface area contributed by atoms with Crippen LogP contribution in [0.5, 0.6) is 0 Å². The lowest BCUT2D eigenvalue weighted by Crippen LogP contribution is -2.07. The third-order valence-corrected chi connectivity index (χ3v) is 3.41. The maximum absolute atomic E-state index is 12.9. The van der Waals surface area contributed by atoms with Crippen LogP contribution in [0.15, 0.2) is 42.5 Å². The van der Waals surface area contributed by atoms with Gasteiger partial charge in [0.2, 0.25) is 0 Å². The molecular formula is C16H10F3NO2. The van der Waals surface area contributed by atoms with E-state index in [1.54, 1.807) is 24.3 Å². The number of carbonyl (C=O) groups excluding carboxylic acids is 1. The number of alkyl halides is 3. The number of methoxy groups -OCH3 is 1. The van der Waals surface area contributed by atoms with Gasteiger partial charge in [0, 0.05) is 10.8 Å². The van der Waals surface area contributed by atoms with Crippen LogP contribution in [0.3, 0.4) is 0 Å². The summed E-state index contributed by atoms with van der Waals surface area (Å²) in [6, 6.07) is 9.94. The highest BCUT2D eigenvalue weighted by Crippen LogP contribution is 2.34. The molecule has 0 aliphatic heterocycles. The number of rotatable bonds is 1. The largest absolute Gasteiger partial charge is 0.464 e. The molecule has 0 aliphatic carbocycles. The van der Waals surface area contributed by atoms with Crippen LogP contribution in [-0.2, 0) is 10.9 Å². The summed E-state index contributed by atoms with van der Waals surface area (Å²) in [7, 11) is 1.23. The van der Waals surface area contributed by atoms with Crippen molar-refractivity contribution in [3.8, 4) is 0 Å². The van der Waals surface area contributed by atoms with E-state index in [0.29, 0.717) is 21.7 Å². The molecule has 0 bridgehead atoms. The third kappa shape index (κ3) is 2.26. The molecule has 0 amide bonds. The molecule has 3 aromatic rings. The predicted molar refractivity (Wildman–Crippen MR) is 75.6 cm³/mol. The zero-order valence-electron chi connectivity index (χ0n) is 11.4. The lowest BCUT2D eigenvalue weighted by Gasteiger charge is -2.11. The van der Waals surface area contributed by atoms with Crippen LogP contribution in [0.2, 0.25) is 0 Å². The standard InChI is InChI=1S/C16H10F3NO2/c1-22-15(21)14-11-5-3-2-4-10(11)12-8-9(16(17,18)19)6-7-13(12)20-14/h2-8H,1H3. The zero-order chi connectivity index (χ0) is 15.9. The Morgan fingerprint density at radius 2 is 1.73 bits per heavy atom. The first-order valence-electron chi connectivity index (χ1n) is 6.40. The van der Waals surface area contributed by atoms with Crippen LogP contribution in [0.1, 0.15) is 16.1 Å². The van der Waals surface area contributed by atoms with Gasteiger partial charge in [0.15, 0.2) is 5.69 Å². The molecule has 1 aromatic heterocycles. The molecular weight excluding hydrogens is 295 g/mol. The van der Waals surface area contributed by atoms with Gasteiger partial charge in [-0.05, 0) is 23.6 Å². The van der Waals surface area contributed by atoms with Crippen molar-refractivity contribution in [1.29, 1.82) is 0 Å². The Bertz CT molecular complexity index is 888. The van der Waals surface area contributed by atoms with Crippen molar-refractivity contribution in [3.05, 3.63) is 53.7 Å². The summed E-state index contributed by atoms with van der Waals surface area (Å²) in [4.78, 5) is 16.0. The van der Waals surface area contributed by atoms with Crippen LogP contribution in [0.25, 0.3) is 21.7 Å². The van der Waals surface area contributed by atoms with E-state index in [0.717, 1.165) is 12.1 Å². The molecule has 0 aliphatic rings. The number of pyridine rings is 1. The van der Waals surface area contributed by atoms with E-state index in [2.05, 4.69) is 9.72 Å². The molecule has 0 N–H and O–H groups in total. The number of halogens is 3. The minimum absolute atomic E-state index is 0.0883. The second-order valence-electron chi connectivity index (χ2n) is 4.73. The van der Waals surface area contributed by atoms with Gasteiger partial charge in [0.1, 0.15) is 0 Å². The summed E-state index contributed by atoms with van der Waals surface area (Å²) < 4.78 is 43.3. The summed E-state index contributed by atoms with van der Waals surface area (Å²) in [6.45, 7) is 0. The van der Waals surface area contributed by atoms with E-state index in [4.69, 9.17) is 0 Å². The molecule has 112 valence electrons. The highest BCUT2D eigenvalue weighted by molar-refractivity contribution is 6.13. The Morgan fingerprint density at radius 3 is 2.36 bits per heavy atom. The summed E-state index contributed by atoms with van der Waals surface area (Å²) in [5, 5.41) is 1.33. The van der Waals surface area contributed by atoms with Gasteiger partial charge < -0.3 is 4.74 Å². The molecule has 1 heterocycles. The number of hydrogen-bond acceptors (Lipinski definition) is 3. The molecule has 0 spiro atoms. The van der Waals surface area contributed by atoms with Crippen molar-refractivity contribution in [2.45, 2.75) is 6.18 Å². The molecule has 2 aromatic carbocycles. The van der Waals surface area contributed by atoms with Crippen LogP contribution in [0, 0.1) is 0 Å². The molecule has 0 unspecified atom stereocenters. The summed E-state index contributed by atoms with van der Waals surface area (Å²) in [5.41, 5.74) is -0.352. The van der Waals surface area contributed by atoms with Gasteiger partial charge in [0.05, 0.1) is 18.2 Å². The van der Waals surface area contributed by atoms with E-state index in [1.165, 1.54) is 13.2 Å². The first-order valence-corrected chi connectivity index (χ1v) is 6.40. The Kier molecular flexibility index (Phi) is 3.24. The van der Waals surface area contributed by atoms with Gasteiger partial charge in [-0.25, -0.2) is 9.78 Å². The summed E-state index contributed by atoms with van der Waals surface area (Å²) in [6.07, 6.45) is -4.43. The van der Waals surface area contributed by atoms with Crippen LogP contribution in [-0.4, -0.2) is 18.1 Å². The van der Waals surface area contributed by atoms with Gasteiger partial charge in [-0.1, -0.05) is 24.3 Å². The van der Waals surface area contributed by atoms with Crippen molar-refractivity contribution in [2.24, 2.45) is 0 Å². The fourth-order valence-corrected chi connectivity index (χ4v) is 2.38. The zero-order valence-corrected chi connectivity index (χ0v) is 11.4. The molecule has 3 rings (SSSR count). The molecule has 0 saturated carbocycles. The van der Waals surface area contributed by atoms with Crippen LogP contribution in [0.4, 0.5) is 13.2 Å². The maximum atomic E-state index is 12.9. The van der Waals surface area contributed by atoms with E-state index >= 15 is 0 Å². The number of esters is 1. The number of hydrogen-bond donors (Lipinski definition) is 0. The number of aromatic nitrogens is 1. The number of carbonyl (C=O) groups is 1. The van der Waals surface area contributed by atoms with Gasteiger partial charge in [0.25, 0.3) is 0 Å². The topological polar surface area (TPSA) is 39.2 Å². The molecule has 3 nitrogen and oxygen atoms in total. The van der Waals surface area contributed by atoms with E-state index in [9.17, 15) is 18.0 Å². The number of fused-ring (bicyclic) bond motifs is 3. The van der Waals surface area contributed by atoms with Crippen molar-refractivity contribution in [3.63, 3.8) is 0 Å². The Hall–Kier alpha value is -2.63. The molecule has 22 heavy (non-hydrogen) atoms. The second kappa shape index (κ2) is 4.98. The lowest BCUT2D eigenvalue weighted by molar-refractivity contribution is -0.137. The molecule has 0 atom stereocenters. The molecule has 0 radical (unpaired) electrons. The molecule has 0 fully saturated rings. The number of nitrogens with zero attached hydrogens (tertiary/aromatic N) is 1. The van der Waals surface area contributed by atoms with E-state index in [-0.39, 0.29) is 5.69 Å². The van der Waals surface area contributed by atoms with Crippen molar-refractivity contribution in [2.75, 3.05) is 7.11 Å². The fourth-order valence-electron chi connectivity index (χ4n) is 2.38. The first kappa shape index (κ1) is 14.3. The van der Waals surface area contributed by atoms with E-state index < -0.39 is 17.7 Å². The van der Waals surface area contributed by atoms with Gasteiger partial charge in [-0.15, -0.1) is 0 Å². The smallest absolute Gasteiger partial charge is 0.416 e. The normalized spacial score (nSPS) is 11.8. The van der Waals surface area contributed by atoms with Crippen molar-refractivity contribution in [1.82, 2.24) is 4.98 Å². The Morgan fingerprint density at radius 1 is 1.05 bits per heavy atom. The molecule has 6 heteroatoms. The van der Waals surface area contributed by atoms with Crippen LogP contribution < -0.4 is 0 Å². The van der Waals surface area contributed by atoms with Gasteiger partial charge in [-0.2, -0.15) is 13.2 Å². The average Bonchev–Trinajstić information content (AvgIpc) is 2.52. The quantitative estimate of drug-likeness (QED) is 0.500. The molecule has 0 saturated heterocycles. The fraction of sp³-hybridized carbons (Fsp3) is 0.125. The van der Waals surface area contributed by atoms with Crippen molar-refractivity contribution >= 4 is 27.6 Å². The highest BCUT2D eigenvalue weighted by Gasteiger charge is 2.30. The minimum atomic E-state index is -4.43. The van der Waals surface area contributed by atoms with Crippen molar-refractivity contribution < 1.29 is 22.7 Å². The monoisotopic (exact) mass is 305 g/mol. The summed E-state index contributed by atoms with van der Waals surface area (Å²) >= 11 is 0. The lowest BCUT2D eigenvalue weighted by atomic mass is 10.0. The third-order valence-electron chi connectivity index (χ3n) is 3.41. The van der Waals surface area contributed by atoms with Gasteiger partial charge >= 0.3 is 12.1 Å². The number of benzene rings is 2. The van der Waals surface area contributed by atoms with E-state index in [1.807, 2.05) is 0 Å². The first-order chi connectivity index (χ1) is 10.4. The average molecular weight is 305 g/mol. The van der Waals surface area contributed by atoms with Crippen LogP contribution >= 0.6 is 0 Å². The highest BCUT2D eigenvalue weighted by atomic mass is 19.4. The second-order valence-corrected chi connectivity index (χ2v) is 4.73. The van der Waals surface area contributed by atoms with Gasteiger partial charge in [-0.3, -0.25) is 0 Å². The Balaban J connectivity index is 2.41. The maximum Gasteiger partial charge on any atom is 0.416 e. The minimum Gasteiger partial charge on any atom is -0.464 e. The number of ether oxygens (including phenoxy) is 1. The Labute approximate surface area is 123 Å².